The summed E-state index contributed by atoms with van der Waals surface area (Å²) in [6.45, 7) is 1.87. The highest BCUT2D eigenvalue weighted by Crippen LogP contribution is 2.25. The molecule has 4 nitrogen and oxygen atoms in total. The van der Waals surface area contributed by atoms with E-state index in [1.165, 1.54) is 23.5 Å². The van der Waals surface area contributed by atoms with Gasteiger partial charge >= 0.3 is 0 Å². The molecule has 21 heavy (non-hydrogen) atoms. The molecule has 2 N–H and O–H groups in total. The quantitative estimate of drug-likeness (QED) is 0.879. The molecule has 0 unspecified atom stereocenters. The van der Waals surface area contributed by atoms with Crippen LogP contribution in [0.2, 0.25) is 0 Å². The van der Waals surface area contributed by atoms with Gasteiger partial charge in [0, 0.05) is 12.6 Å². The maximum absolute atomic E-state index is 12.7. The monoisotopic (exact) mass is 320 g/mol. The van der Waals surface area contributed by atoms with E-state index in [4.69, 9.17) is 18.0 Å². The summed E-state index contributed by atoms with van der Waals surface area (Å²) in [4.78, 5) is 0.337. The van der Waals surface area contributed by atoms with Crippen LogP contribution >= 0.6 is 12.2 Å². The van der Waals surface area contributed by atoms with Crippen molar-refractivity contribution in [3.63, 3.8) is 0 Å². The number of para-hydroxylation sites is 1. The Labute approximate surface area is 130 Å². The molecule has 0 amide bonds. The number of thiocarbonyl (C=S) groups is 1. The van der Waals surface area contributed by atoms with Gasteiger partial charge in [0.1, 0.15) is 4.99 Å². The Bertz CT molecular complexity index is 786. The van der Waals surface area contributed by atoms with E-state index in [-0.39, 0.29) is 9.88 Å². The van der Waals surface area contributed by atoms with Gasteiger partial charge in [-0.2, -0.15) is 0 Å². The molecule has 0 aromatic heterocycles. The van der Waals surface area contributed by atoms with Gasteiger partial charge in [0.25, 0.3) is 10.0 Å². The van der Waals surface area contributed by atoms with E-state index in [2.05, 4.69) is 0 Å². The van der Waals surface area contributed by atoms with Crippen molar-refractivity contribution in [2.24, 2.45) is 5.73 Å². The number of rotatable bonds is 4. The molecule has 2 aromatic carbocycles. The van der Waals surface area contributed by atoms with Crippen molar-refractivity contribution >= 4 is 32.9 Å². The molecule has 2 aromatic rings. The lowest BCUT2D eigenvalue weighted by atomic mass is 10.2. The fourth-order valence-corrected chi connectivity index (χ4v) is 3.45. The minimum absolute atomic E-state index is 0.165. The first-order chi connectivity index (χ1) is 9.84. The van der Waals surface area contributed by atoms with Crippen LogP contribution in [0.25, 0.3) is 0 Å². The highest BCUT2D eigenvalue weighted by atomic mass is 32.2. The van der Waals surface area contributed by atoms with E-state index < -0.39 is 10.0 Å². The normalized spacial score (nSPS) is 11.1. The molecule has 0 radical (unpaired) electrons. The third-order valence-electron chi connectivity index (χ3n) is 3.23. The van der Waals surface area contributed by atoms with Crippen LogP contribution in [0, 0.1) is 6.92 Å². The minimum atomic E-state index is -3.65. The second-order valence-electron chi connectivity index (χ2n) is 4.65. The Hall–Kier alpha value is -1.92. The molecule has 110 valence electrons. The average Bonchev–Trinajstić information content (AvgIpc) is 2.47. The maximum Gasteiger partial charge on any atom is 0.264 e. The van der Waals surface area contributed by atoms with Gasteiger partial charge in [-0.05, 0) is 30.7 Å². The van der Waals surface area contributed by atoms with E-state index in [1.54, 1.807) is 24.3 Å². The van der Waals surface area contributed by atoms with Gasteiger partial charge in [0.05, 0.1) is 10.6 Å². The summed E-state index contributed by atoms with van der Waals surface area (Å²) in [5.74, 6) is 0. The van der Waals surface area contributed by atoms with E-state index in [0.717, 1.165) is 5.56 Å². The molecule has 6 heteroatoms. The standard InChI is InChI=1S/C15H16N2O2S2/c1-11-6-3-4-9-14(11)17(2)21(18,19)13-8-5-7-12(10-13)15(16)20/h3-10H,1-2H3,(H2,16,20). The molecule has 0 aliphatic carbocycles. The van der Waals surface area contributed by atoms with Gasteiger partial charge in [-0.25, -0.2) is 8.42 Å². The minimum Gasteiger partial charge on any atom is -0.389 e. The van der Waals surface area contributed by atoms with E-state index in [1.807, 2.05) is 19.1 Å². The van der Waals surface area contributed by atoms with Crippen molar-refractivity contribution in [2.45, 2.75) is 11.8 Å². The van der Waals surface area contributed by atoms with Crippen LogP contribution in [0.1, 0.15) is 11.1 Å². The van der Waals surface area contributed by atoms with Crippen molar-refractivity contribution < 1.29 is 8.42 Å². The molecule has 0 heterocycles. The van der Waals surface area contributed by atoms with Crippen LogP contribution in [0.4, 0.5) is 5.69 Å². The Kier molecular flexibility index (Phi) is 4.29. The third kappa shape index (κ3) is 3.06. The second kappa shape index (κ2) is 5.83. The molecular formula is C15H16N2O2S2. The summed E-state index contributed by atoms with van der Waals surface area (Å²) in [5.41, 5.74) is 7.61. The summed E-state index contributed by atoms with van der Waals surface area (Å²) in [5, 5.41) is 0. The van der Waals surface area contributed by atoms with Crippen LogP contribution in [0.5, 0.6) is 0 Å². The highest BCUT2D eigenvalue weighted by molar-refractivity contribution is 7.92. The molecule has 0 bridgehead atoms. The van der Waals surface area contributed by atoms with Gasteiger partial charge in [-0.1, -0.05) is 42.5 Å². The summed E-state index contributed by atoms with van der Waals surface area (Å²) in [6.07, 6.45) is 0. The third-order valence-corrected chi connectivity index (χ3v) is 5.23. The van der Waals surface area contributed by atoms with Crippen LogP contribution < -0.4 is 10.0 Å². The summed E-state index contributed by atoms with van der Waals surface area (Å²) >= 11 is 4.89. The number of sulfonamides is 1. The summed E-state index contributed by atoms with van der Waals surface area (Å²) in [6, 6.07) is 13.7. The smallest absolute Gasteiger partial charge is 0.264 e. The van der Waals surface area contributed by atoms with Crippen molar-refractivity contribution in [3.8, 4) is 0 Å². The van der Waals surface area contributed by atoms with Gasteiger partial charge in [0.2, 0.25) is 0 Å². The fourth-order valence-electron chi connectivity index (χ4n) is 2.01. The molecule has 0 aliphatic rings. The van der Waals surface area contributed by atoms with E-state index in [9.17, 15) is 8.42 Å². The molecule has 0 atom stereocenters. The Morgan fingerprint density at radius 2 is 1.81 bits per heavy atom. The SMILES string of the molecule is Cc1ccccc1N(C)S(=O)(=O)c1cccc(C(N)=S)c1. The summed E-state index contributed by atoms with van der Waals surface area (Å²) in [7, 11) is -2.12. The molecular weight excluding hydrogens is 304 g/mol. The predicted octanol–water partition coefficient (Wildman–Crippen LogP) is 2.45. The van der Waals surface area contributed by atoms with E-state index >= 15 is 0 Å². The largest absolute Gasteiger partial charge is 0.389 e. The number of nitrogens with two attached hydrogens (primary N) is 1. The molecule has 0 saturated heterocycles. The zero-order valence-corrected chi connectivity index (χ0v) is 13.4. The number of hydrogen-bond acceptors (Lipinski definition) is 3. The molecule has 0 spiro atoms. The first-order valence-electron chi connectivity index (χ1n) is 6.28. The lowest BCUT2D eigenvalue weighted by Crippen LogP contribution is -2.27. The lowest BCUT2D eigenvalue weighted by Gasteiger charge is -2.21. The van der Waals surface area contributed by atoms with Crippen LogP contribution in [0.15, 0.2) is 53.4 Å². The Balaban J connectivity index is 2.50. The second-order valence-corrected chi connectivity index (χ2v) is 7.06. The van der Waals surface area contributed by atoms with Crippen LogP contribution in [-0.2, 0) is 10.0 Å². The lowest BCUT2D eigenvalue weighted by molar-refractivity contribution is 0.594. The Morgan fingerprint density at radius 3 is 2.43 bits per heavy atom. The number of nitrogens with zero attached hydrogens (tertiary/aromatic N) is 1. The van der Waals surface area contributed by atoms with Gasteiger partial charge in [-0.15, -0.1) is 0 Å². The zero-order chi connectivity index (χ0) is 15.6. The number of anilines is 1. The molecule has 0 fully saturated rings. The predicted molar refractivity (Wildman–Crippen MR) is 89.1 cm³/mol. The summed E-state index contributed by atoms with van der Waals surface area (Å²) < 4.78 is 26.7. The van der Waals surface area contributed by atoms with Crippen molar-refractivity contribution in [1.29, 1.82) is 0 Å². The maximum atomic E-state index is 12.7. The van der Waals surface area contributed by atoms with Gasteiger partial charge in [0.15, 0.2) is 0 Å². The first kappa shape index (κ1) is 15.5. The van der Waals surface area contributed by atoms with Gasteiger partial charge in [-0.3, -0.25) is 4.31 Å². The Morgan fingerprint density at radius 1 is 1.14 bits per heavy atom. The topological polar surface area (TPSA) is 63.4 Å². The van der Waals surface area contributed by atoms with Crippen LogP contribution in [0.3, 0.4) is 0 Å². The van der Waals surface area contributed by atoms with Crippen LogP contribution in [-0.4, -0.2) is 20.5 Å². The number of benzene rings is 2. The van der Waals surface area contributed by atoms with E-state index in [0.29, 0.717) is 11.3 Å². The van der Waals surface area contributed by atoms with Gasteiger partial charge < -0.3 is 5.73 Å². The fraction of sp³-hybridized carbons (Fsp3) is 0.133. The molecule has 2 rings (SSSR count). The van der Waals surface area contributed by atoms with Crippen molar-refractivity contribution in [2.75, 3.05) is 11.4 Å². The van der Waals surface area contributed by atoms with Crippen molar-refractivity contribution in [1.82, 2.24) is 0 Å². The molecule has 0 aliphatic heterocycles. The van der Waals surface area contributed by atoms with Crippen molar-refractivity contribution in [3.05, 3.63) is 59.7 Å². The highest BCUT2D eigenvalue weighted by Gasteiger charge is 2.22. The first-order valence-corrected chi connectivity index (χ1v) is 8.13. The number of hydrogen-bond donors (Lipinski definition) is 1. The average molecular weight is 320 g/mol. The molecule has 0 saturated carbocycles. The number of aryl methyl sites for hydroxylation is 1. The zero-order valence-electron chi connectivity index (χ0n) is 11.8.